The zero-order chi connectivity index (χ0) is 19.5. The minimum absolute atomic E-state index is 0.264. The lowest BCUT2D eigenvalue weighted by molar-refractivity contribution is 0.102. The normalized spacial score (nSPS) is 10.9. The van der Waals surface area contributed by atoms with Crippen molar-refractivity contribution in [2.24, 2.45) is 0 Å². The fourth-order valence-electron chi connectivity index (χ4n) is 3.09. The maximum Gasteiger partial charge on any atom is 0.258 e. The van der Waals surface area contributed by atoms with Crippen molar-refractivity contribution in [3.05, 3.63) is 78.2 Å². The Morgan fingerprint density at radius 1 is 1.11 bits per heavy atom. The Morgan fingerprint density at radius 3 is 2.57 bits per heavy atom. The number of carbonyl (C=O) groups excluding carboxylic acids is 1. The molecule has 2 aromatic carbocycles. The van der Waals surface area contributed by atoms with Crippen LogP contribution in [0.25, 0.3) is 16.7 Å². The molecule has 0 aliphatic rings. The maximum atomic E-state index is 13.0. The first-order chi connectivity index (χ1) is 13.7. The third kappa shape index (κ3) is 3.30. The quantitative estimate of drug-likeness (QED) is 0.559. The Hall–Kier alpha value is -3.71. The molecule has 28 heavy (non-hydrogen) atoms. The molecule has 0 fully saturated rings. The topological polar surface area (TPSA) is 95.1 Å². The fraction of sp³-hybridized carbons (Fsp3) is 0.0952. The van der Waals surface area contributed by atoms with E-state index in [4.69, 9.17) is 10.5 Å². The monoisotopic (exact) mass is 373 g/mol. The molecular formula is C21H19N5O2. The van der Waals surface area contributed by atoms with E-state index in [1.165, 1.54) is 6.33 Å². The van der Waals surface area contributed by atoms with E-state index < -0.39 is 0 Å². The van der Waals surface area contributed by atoms with Crippen molar-refractivity contribution in [1.82, 2.24) is 14.5 Å². The number of para-hydroxylation sites is 1. The zero-order valence-electron chi connectivity index (χ0n) is 15.3. The number of benzene rings is 2. The Balaban J connectivity index is 1.73. The summed E-state index contributed by atoms with van der Waals surface area (Å²) in [6.45, 7) is 0.520. The van der Waals surface area contributed by atoms with Gasteiger partial charge in [-0.25, -0.2) is 9.97 Å². The van der Waals surface area contributed by atoms with Crippen LogP contribution >= 0.6 is 0 Å². The number of nitrogens with zero attached hydrogens (tertiary/aromatic N) is 3. The number of nitrogen functional groups attached to an aromatic ring is 1. The van der Waals surface area contributed by atoms with Gasteiger partial charge in [0.15, 0.2) is 5.65 Å². The molecule has 0 spiro atoms. The fourth-order valence-corrected chi connectivity index (χ4v) is 3.09. The van der Waals surface area contributed by atoms with Crippen molar-refractivity contribution in [1.29, 1.82) is 0 Å². The van der Waals surface area contributed by atoms with E-state index in [0.29, 0.717) is 28.9 Å². The zero-order valence-corrected chi connectivity index (χ0v) is 15.3. The van der Waals surface area contributed by atoms with Crippen molar-refractivity contribution in [3.63, 3.8) is 0 Å². The molecule has 4 rings (SSSR count). The SMILES string of the molecule is COCc1ccc(NC(=O)c2cn(-c3ccccc3)c3ncnc(N)c23)cc1. The highest BCUT2D eigenvalue weighted by molar-refractivity contribution is 6.15. The van der Waals surface area contributed by atoms with E-state index in [1.807, 2.05) is 59.2 Å². The predicted octanol–water partition coefficient (Wildman–Crippen LogP) is 3.40. The van der Waals surface area contributed by atoms with E-state index >= 15 is 0 Å². The number of amides is 1. The number of ether oxygens (including phenoxy) is 1. The summed E-state index contributed by atoms with van der Waals surface area (Å²) in [5, 5.41) is 3.44. The molecule has 0 aliphatic heterocycles. The summed E-state index contributed by atoms with van der Waals surface area (Å²) in [6.07, 6.45) is 3.13. The molecule has 4 aromatic rings. The van der Waals surface area contributed by atoms with Gasteiger partial charge in [-0.15, -0.1) is 0 Å². The molecule has 3 N–H and O–H groups in total. The molecule has 1 amide bonds. The second-order valence-electron chi connectivity index (χ2n) is 6.29. The van der Waals surface area contributed by atoms with Crippen LogP contribution in [0.15, 0.2) is 67.1 Å². The highest BCUT2D eigenvalue weighted by Gasteiger charge is 2.20. The molecular weight excluding hydrogens is 354 g/mol. The van der Waals surface area contributed by atoms with E-state index in [-0.39, 0.29) is 11.7 Å². The van der Waals surface area contributed by atoms with Crippen LogP contribution < -0.4 is 11.1 Å². The molecule has 0 saturated carbocycles. The standard InChI is InChI=1S/C21H19N5O2/c1-28-12-14-7-9-15(10-8-14)25-21(27)17-11-26(16-5-3-2-4-6-16)20-18(17)19(22)23-13-24-20/h2-11,13H,12H2,1H3,(H,25,27)(H2,22,23,24). The highest BCUT2D eigenvalue weighted by Crippen LogP contribution is 2.27. The van der Waals surface area contributed by atoms with Gasteiger partial charge in [-0.2, -0.15) is 0 Å². The molecule has 0 saturated heterocycles. The van der Waals surface area contributed by atoms with Crippen molar-refractivity contribution in [3.8, 4) is 5.69 Å². The summed E-state index contributed by atoms with van der Waals surface area (Å²) in [4.78, 5) is 21.4. The van der Waals surface area contributed by atoms with Gasteiger partial charge < -0.3 is 20.4 Å². The molecule has 0 atom stereocenters. The third-order valence-electron chi connectivity index (χ3n) is 4.41. The van der Waals surface area contributed by atoms with Gasteiger partial charge in [-0.1, -0.05) is 30.3 Å². The summed E-state index contributed by atoms with van der Waals surface area (Å²) in [5.74, 6) is -0.0130. The summed E-state index contributed by atoms with van der Waals surface area (Å²) in [5.41, 5.74) is 9.66. The number of methoxy groups -OCH3 is 1. The molecule has 2 aromatic heterocycles. The van der Waals surface area contributed by atoms with E-state index in [9.17, 15) is 4.79 Å². The minimum atomic E-state index is -0.277. The van der Waals surface area contributed by atoms with Crippen LogP contribution in [0.2, 0.25) is 0 Å². The van der Waals surface area contributed by atoms with Crippen LogP contribution in [-0.4, -0.2) is 27.6 Å². The first-order valence-electron chi connectivity index (χ1n) is 8.73. The molecule has 140 valence electrons. The molecule has 7 nitrogen and oxygen atoms in total. The first kappa shape index (κ1) is 17.7. The van der Waals surface area contributed by atoms with Crippen LogP contribution in [0.3, 0.4) is 0 Å². The van der Waals surface area contributed by atoms with Gasteiger partial charge in [-0.05, 0) is 29.8 Å². The van der Waals surface area contributed by atoms with Gasteiger partial charge in [-0.3, -0.25) is 4.79 Å². The Labute approximate surface area is 161 Å². The molecule has 0 bridgehead atoms. The minimum Gasteiger partial charge on any atom is -0.383 e. The van der Waals surface area contributed by atoms with Crippen LogP contribution in [-0.2, 0) is 11.3 Å². The molecule has 0 unspecified atom stereocenters. The lowest BCUT2D eigenvalue weighted by Gasteiger charge is -2.06. The number of hydrogen-bond acceptors (Lipinski definition) is 5. The number of nitrogens with one attached hydrogen (secondary N) is 1. The van der Waals surface area contributed by atoms with Crippen molar-refractivity contribution in [2.75, 3.05) is 18.2 Å². The molecule has 0 aliphatic carbocycles. The summed E-state index contributed by atoms with van der Waals surface area (Å²) < 4.78 is 6.94. The Kier molecular flexibility index (Phi) is 4.74. The van der Waals surface area contributed by atoms with Crippen LogP contribution in [0, 0.1) is 0 Å². The van der Waals surface area contributed by atoms with E-state index in [2.05, 4.69) is 15.3 Å². The van der Waals surface area contributed by atoms with Crippen LogP contribution in [0.1, 0.15) is 15.9 Å². The van der Waals surface area contributed by atoms with Gasteiger partial charge in [0, 0.05) is 24.7 Å². The predicted molar refractivity (Wildman–Crippen MR) is 108 cm³/mol. The van der Waals surface area contributed by atoms with Crippen molar-refractivity contribution in [2.45, 2.75) is 6.61 Å². The van der Waals surface area contributed by atoms with E-state index in [0.717, 1.165) is 11.3 Å². The average molecular weight is 373 g/mol. The number of hydrogen-bond donors (Lipinski definition) is 2. The highest BCUT2D eigenvalue weighted by atomic mass is 16.5. The second-order valence-corrected chi connectivity index (χ2v) is 6.29. The number of anilines is 2. The third-order valence-corrected chi connectivity index (χ3v) is 4.41. The largest absolute Gasteiger partial charge is 0.383 e. The summed E-state index contributed by atoms with van der Waals surface area (Å²) >= 11 is 0. The average Bonchev–Trinajstić information content (AvgIpc) is 3.12. The molecule has 2 heterocycles. The second kappa shape index (κ2) is 7.50. The number of carbonyl (C=O) groups is 1. The number of nitrogens with two attached hydrogens (primary N) is 1. The van der Waals surface area contributed by atoms with Gasteiger partial charge in [0.1, 0.15) is 12.1 Å². The van der Waals surface area contributed by atoms with Crippen molar-refractivity contribution < 1.29 is 9.53 Å². The van der Waals surface area contributed by atoms with Crippen LogP contribution in [0.4, 0.5) is 11.5 Å². The number of aromatic nitrogens is 3. The van der Waals surface area contributed by atoms with Crippen molar-refractivity contribution >= 4 is 28.4 Å². The Bertz CT molecular complexity index is 1120. The summed E-state index contributed by atoms with van der Waals surface area (Å²) in [6, 6.07) is 17.1. The first-order valence-corrected chi connectivity index (χ1v) is 8.73. The number of rotatable bonds is 5. The smallest absolute Gasteiger partial charge is 0.258 e. The maximum absolute atomic E-state index is 13.0. The van der Waals surface area contributed by atoms with Gasteiger partial charge in [0.05, 0.1) is 17.6 Å². The number of fused-ring (bicyclic) bond motifs is 1. The van der Waals surface area contributed by atoms with Gasteiger partial charge in [0.2, 0.25) is 0 Å². The van der Waals surface area contributed by atoms with Gasteiger partial charge in [0.25, 0.3) is 5.91 Å². The molecule has 0 radical (unpaired) electrons. The van der Waals surface area contributed by atoms with Crippen LogP contribution in [0.5, 0.6) is 0 Å². The van der Waals surface area contributed by atoms with Gasteiger partial charge >= 0.3 is 0 Å². The lowest BCUT2D eigenvalue weighted by atomic mass is 10.2. The molecule has 7 heteroatoms. The summed E-state index contributed by atoms with van der Waals surface area (Å²) in [7, 11) is 1.64. The van der Waals surface area contributed by atoms with E-state index in [1.54, 1.807) is 13.3 Å². The lowest BCUT2D eigenvalue weighted by Crippen LogP contribution is -2.12. The Morgan fingerprint density at radius 2 is 1.86 bits per heavy atom.